The first kappa shape index (κ1) is 14.7. The Labute approximate surface area is 132 Å². The zero-order valence-corrected chi connectivity index (χ0v) is 13.9. The van der Waals surface area contributed by atoms with Crippen LogP contribution in [-0.2, 0) is 16.6 Å². The highest BCUT2D eigenvalue weighted by Gasteiger charge is 2.47. The van der Waals surface area contributed by atoms with Gasteiger partial charge in [-0.3, -0.25) is 0 Å². The Kier molecular flexibility index (Phi) is 3.58. The molecule has 122 valence electrons. The van der Waals surface area contributed by atoms with Gasteiger partial charge in [0.1, 0.15) is 11.5 Å². The van der Waals surface area contributed by atoms with E-state index in [0.717, 1.165) is 30.8 Å². The number of fused-ring (bicyclic) bond motifs is 1. The standard InChI is InChI=1S/C16H24N2O3S/c1-2-14-7-8-16(21-14)15-4-3-9-18(15)22(19,20)17-10-12-5-6-13(12)11-17/h7-8,12-13,15H,2-6,9-11H2,1H3/t12-,13+,15?. The van der Waals surface area contributed by atoms with E-state index in [1.807, 2.05) is 19.1 Å². The Bertz CT molecular complexity index is 642. The van der Waals surface area contributed by atoms with Crippen molar-refractivity contribution in [2.75, 3.05) is 19.6 Å². The summed E-state index contributed by atoms with van der Waals surface area (Å²) in [7, 11) is -3.35. The summed E-state index contributed by atoms with van der Waals surface area (Å²) in [6.07, 6.45) is 4.99. The molecule has 22 heavy (non-hydrogen) atoms. The van der Waals surface area contributed by atoms with Crippen LogP contribution in [0.25, 0.3) is 0 Å². The molecule has 1 unspecified atom stereocenters. The molecule has 5 nitrogen and oxygen atoms in total. The maximum Gasteiger partial charge on any atom is 0.282 e. The van der Waals surface area contributed by atoms with Gasteiger partial charge >= 0.3 is 0 Å². The minimum Gasteiger partial charge on any atom is -0.464 e. The van der Waals surface area contributed by atoms with Crippen LogP contribution in [0.1, 0.15) is 50.2 Å². The van der Waals surface area contributed by atoms with Crippen molar-refractivity contribution >= 4 is 10.2 Å². The van der Waals surface area contributed by atoms with Crippen molar-refractivity contribution in [2.24, 2.45) is 11.8 Å². The molecule has 1 saturated carbocycles. The summed E-state index contributed by atoms with van der Waals surface area (Å²) < 4.78 is 35.3. The van der Waals surface area contributed by atoms with Crippen LogP contribution in [0.3, 0.4) is 0 Å². The van der Waals surface area contributed by atoms with Crippen LogP contribution in [0.15, 0.2) is 16.5 Å². The maximum atomic E-state index is 13.0. The van der Waals surface area contributed by atoms with Gasteiger partial charge < -0.3 is 4.42 Å². The number of rotatable bonds is 4. The SMILES string of the molecule is CCc1ccc(C2CCCN2S(=O)(=O)N2C[C@H]3CC[C@H]3C2)o1. The molecule has 3 fully saturated rings. The van der Waals surface area contributed by atoms with E-state index in [2.05, 4.69) is 0 Å². The highest BCUT2D eigenvalue weighted by atomic mass is 32.2. The maximum absolute atomic E-state index is 13.0. The predicted octanol–water partition coefficient (Wildman–Crippen LogP) is 2.57. The van der Waals surface area contributed by atoms with Crippen LogP contribution in [0.5, 0.6) is 0 Å². The summed E-state index contributed by atoms with van der Waals surface area (Å²) in [6, 6.07) is 3.79. The molecule has 3 atom stereocenters. The quantitative estimate of drug-likeness (QED) is 0.855. The fraction of sp³-hybridized carbons (Fsp3) is 0.750. The van der Waals surface area contributed by atoms with Gasteiger partial charge in [0.15, 0.2) is 0 Å². The molecule has 0 amide bonds. The third-order valence-corrected chi connectivity index (χ3v) is 7.62. The molecule has 1 aromatic heterocycles. The first-order chi connectivity index (χ1) is 10.6. The molecule has 4 rings (SSSR count). The Balaban J connectivity index is 1.57. The molecule has 6 heteroatoms. The molecule has 0 spiro atoms. The van der Waals surface area contributed by atoms with Crippen LogP contribution >= 0.6 is 0 Å². The van der Waals surface area contributed by atoms with Gasteiger partial charge in [-0.1, -0.05) is 6.92 Å². The first-order valence-corrected chi connectivity index (χ1v) is 9.85. The highest BCUT2D eigenvalue weighted by Crippen LogP contribution is 2.44. The molecule has 1 aliphatic carbocycles. The van der Waals surface area contributed by atoms with E-state index < -0.39 is 10.2 Å². The van der Waals surface area contributed by atoms with Crippen LogP contribution in [-0.4, -0.2) is 36.7 Å². The van der Waals surface area contributed by atoms with Gasteiger partial charge in [-0.2, -0.15) is 17.0 Å². The van der Waals surface area contributed by atoms with Gasteiger partial charge in [-0.25, -0.2) is 0 Å². The van der Waals surface area contributed by atoms with Crippen molar-refractivity contribution in [3.05, 3.63) is 23.7 Å². The first-order valence-electron chi connectivity index (χ1n) is 8.45. The van der Waals surface area contributed by atoms with E-state index in [1.165, 1.54) is 12.8 Å². The van der Waals surface area contributed by atoms with Gasteiger partial charge in [0.2, 0.25) is 0 Å². The van der Waals surface area contributed by atoms with Crippen LogP contribution < -0.4 is 0 Å². The fourth-order valence-electron chi connectivity index (χ4n) is 4.12. The molecule has 0 aromatic carbocycles. The minimum absolute atomic E-state index is 0.122. The third kappa shape index (κ3) is 2.23. The molecule has 0 radical (unpaired) electrons. The Morgan fingerprint density at radius 3 is 2.50 bits per heavy atom. The van der Waals surface area contributed by atoms with Crippen molar-refractivity contribution in [3.8, 4) is 0 Å². The highest BCUT2D eigenvalue weighted by molar-refractivity contribution is 7.86. The minimum atomic E-state index is -3.35. The van der Waals surface area contributed by atoms with E-state index in [1.54, 1.807) is 8.61 Å². The van der Waals surface area contributed by atoms with Crippen LogP contribution in [0.2, 0.25) is 0 Å². The molecule has 3 heterocycles. The van der Waals surface area contributed by atoms with Crippen molar-refractivity contribution in [2.45, 2.75) is 45.1 Å². The monoisotopic (exact) mass is 324 g/mol. The number of hydrogen-bond acceptors (Lipinski definition) is 3. The van der Waals surface area contributed by atoms with Crippen LogP contribution in [0.4, 0.5) is 0 Å². The largest absolute Gasteiger partial charge is 0.464 e. The number of nitrogens with zero attached hydrogens (tertiary/aromatic N) is 2. The Morgan fingerprint density at radius 1 is 1.18 bits per heavy atom. The smallest absolute Gasteiger partial charge is 0.282 e. The molecular formula is C16H24N2O3S. The summed E-state index contributed by atoms with van der Waals surface area (Å²) in [5.74, 6) is 2.94. The summed E-state index contributed by atoms with van der Waals surface area (Å²) in [6.45, 7) is 4.09. The van der Waals surface area contributed by atoms with E-state index in [0.29, 0.717) is 31.5 Å². The fourth-order valence-corrected chi connectivity index (χ4v) is 6.06. The third-order valence-electron chi connectivity index (χ3n) is 5.64. The topological polar surface area (TPSA) is 53.8 Å². The lowest BCUT2D eigenvalue weighted by Crippen LogP contribution is -2.42. The number of aryl methyl sites for hydroxylation is 1. The summed E-state index contributed by atoms with van der Waals surface area (Å²) >= 11 is 0. The zero-order valence-electron chi connectivity index (χ0n) is 13.1. The number of furan rings is 1. The zero-order chi connectivity index (χ0) is 15.3. The van der Waals surface area contributed by atoms with Gasteiger partial charge in [0, 0.05) is 26.1 Å². The van der Waals surface area contributed by atoms with E-state index in [9.17, 15) is 8.42 Å². The van der Waals surface area contributed by atoms with Crippen molar-refractivity contribution in [1.82, 2.24) is 8.61 Å². The van der Waals surface area contributed by atoms with E-state index >= 15 is 0 Å². The van der Waals surface area contributed by atoms with Crippen molar-refractivity contribution in [1.29, 1.82) is 0 Å². The van der Waals surface area contributed by atoms with Crippen molar-refractivity contribution < 1.29 is 12.8 Å². The number of hydrogen-bond donors (Lipinski definition) is 0. The summed E-state index contributed by atoms with van der Waals surface area (Å²) in [5.41, 5.74) is 0. The second-order valence-corrected chi connectivity index (χ2v) is 8.73. The summed E-state index contributed by atoms with van der Waals surface area (Å²) in [5, 5.41) is 0. The lowest BCUT2D eigenvalue weighted by Gasteiger charge is -2.27. The average Bonchev–Trinajstić information content (AvgIpc) is 3.17. The molecule has 0 bridgehead atoms. The van der Waals surface area contributed by atoms with Gasteiger partial charge in [-0.15, -0.1) is 0 Å². The van der Waals surface area contributed by atoms with Crippen molar-refractivity contribution in [3.63, 3.8) is 0 Å². The molecule has 0 N–H and O–H groups in total. The second kappa shape index (κ2) is 5.35. The van der Waals surface area contributed by atoms with Gasteiger partial charge in [-0.05, 0) is 49.7 Å². The van der Waals surface area contributed by atoms with Gasteiger partial charge in [0.05, 0.1) is 6.04 Å². The molecule has 2 aliphatic heterocycles. The second-order valence-electron chi connectivity index (χ2n) is 6.85. The lowest BCUT2D eigenvalue weighted by molar-refractivity contribution is 0.243. The molecule has 2 saturated heterocycles. The van der Waals surface area contributed by atoms with E-state index in [4.69, 9.17) is 4.42 Å². The van der Waals surface area contributed by atoms with Crippen LogP contribution in [0, 0.1) is 11.8 Å². The van der Waals surface area contributed by atoms with E-state index in [-0.39, 0.29) is 6.04 Å². The summed E-state index contributed by atoms with van der Waals surface area (Å²) in [4.78, 5) is 0. The average molecular weight is 324 g/mol. The Hall–Kier alpha value is -0.850. The molecular weight excluding hydrogens is 300 g/mol. The lowest BCUT2D eigenvalue weighted by atomic mass is 9.77. The predicted molar refractivity (Wildman–Crippen MR) is 83.5 cm³/mol. The molecule has 1 aromatic rings. The van der Waals surface area contributed by atoms with Gasteiger partial charge in [0.25, 0.3) is 10.2 Å². The Morgan fingerprint density at radius 2 is 1.91 bits per heavy atom. The normalized spacial score (nSPS) is 33.0. The molecule has 3 aliphatic rings.